The van der Waals surface area contributed by atoms with Gasteiger partial charge in [-0.3, -0.25) is 0 Å². The predicted octanol–water partition coefficient (Wildman–Crippen LogP) is 1.58. The number of aliphatic hydroxyl groups is 1. The maximum atomic E-state index is 9.55. The van der Waals surface area contributed by atoms with Crippen LogP contribution < -0.4 is 0 Å². The van der Waals surface area contributed by atoms with Crippen LogP contribution in [0.15, 0.2) is 0 Å². The van der Waals surface area contributed by atoms with Crippen LogP contribution >= 0.6 is 9.39 Å². The summed E-state index contributed by atoms with van der Waals surface area (Å²) in [6, 6.07) is 0. The van der Waals surface area contributed by atoms with Crippen LogP contribution in [0.2, 0.25) is 0 Å². The maximum absolute atomic E-state index is 9.55. The number of nitrogens with zero attached hydrogens (tertiary/aromatic N) is 2. The van der Waals surface area contributed by atoms with Crippen LogP contribution in [0.5, 0.6) is 0 Å². The second-order valence-corrected chi connectivity index (χ2v) is 3.45. The van der Waals surface area contributed by atoms with Crippen molar-refractivity contribution in [1.29, 1.82) is 0 Å². The second kappa shape index (κ2) is 3.55. The summed E-state index contributed by atoms with van der Waals surface area (Å²) >= 11 is 0. The van der Waals surface area contributed by atoms with Gasteiger partial charge in [0.05, 0.1) is 5.69 Å². The monoisotopic (exact) mass is 186 g/mol. The summed E-state index contributed by atoms with van der Waals surface area (Å²) in [5.74, 6) is 0.734. The van der Waals surface area contributed by atoms with E-state index in [0.717, 1.165) is 17.2 Å². The SMILES string of the molecule is CCC(O)c1nc(C)c(C)n1P. The first kappa shape index (κ1) is 9.69. The summed E-state index contributed by atoms with van der Waals surface area (Å²) in [4.78, 5) is 4.27. The average molecular weight is 186 g/mol. The molecule has 0 aromatic carbocycles. The lowest BCUT2D eigenvalue weighted by Gasteiger charge is -2.07. The van der Waals surface area contributed by atoms with Gasteiger partial charge in [-0.15, -0.1) is 0 Å². The summed E-state index contributed by atoms with van der Waals surface area (Å²) in [6.07, 6.45) is 0.250. The van der Waals surface area contributed by atoms with Crippen LogP contribution in [0, 0.1) is 13.8 Å². The molecule has 1 aromatic heterocycles. The molecule has 2 atom stereocenters. The molecule has 2 unspecified atom stereocenters. The Kier molecular flexibility index (Phi) is 2.86. The number of rotatable bonds is 2. The Morgan fingerprint density at radius 3 is 2.50 bits per heavy atom. The van der Waals surface area contributed by atoms with Crippen molar-refractivity contribution in [2.75, 3.05) is 0 Å². The van der Waals surface area contributed by atoms with Crippen molar-refractivity contribution in [3.63, 3.8) is 0 Å². The van der Waals surface area contributed by atoms with E-state index in [0.29, 0.717) is 6.42 Å². The van der Waals surface area contributed by atoms with Gasteiger partial charge in [0.25, 0.3) is 0 Å². The van der Waals surface area contributed by atoms with Crippen molar-refractivity contribution in [1.82, 2.24) is 9.32 Å². The number of hydrogen-bond acceptors (Lipinski definition) is 2. The quantitative estimate of drug-likeness (QED) is 0.712. The third-order valence-electron chi connectivity index (χ3n) is 2.10. The summed E-state index contributed by atoms with van der Waals surface area (Å²) in [5.41, 5.74) is 2.06. The molecule has 0 aliphatic carbocycles. The summed E-state index contributed by atoms with van der Waals surface area (Å²) < 4.78 is 1.86. The molecule has 3 nitrogen and oxygen atoms in total. The highest BCUT2D eigenvalue weighted by Crippen LogP contribution is 2.21. The van der Waals surface area contributed by atoms with Crippen molar-refractivity contribution < 1.29 is 5.11 Å². The Morgan fingerprint density at radius 2 is 2.17 bits per heavy atom. The van der Waals surface area contributed by atoms with E-state index in [-0.39, 0.29) is 0 Å². The Morgan fingerprint density at radius 1 is 1.58 bits per heavy atom. The largest absolute Gasteiger partial charge is 0.385 e. The molecule has 0 spiro atoms. The molecule has 0 amide bonds. The molecule has 0 bridgehead atoms. The van der Waals surface area contributed by atoms with E-state index in [4.69, 9.17) is 0 Å². The topological polar surface area (TPSA) is 38.1 Å². The molecule has 1 N–H and O–H groups in total. The fraction of sp³-hybridized carbons (Fsp3) is 0.625. The first-order valence-electron chi connectivity index (χ1n) is 4.06. The Labute approximate surface area is 75.1 Å². The van der Waals surface area contributed by atoms with Gasteiger partial charge in [0.15, 0.2) is 0 Å². The minimum absolute atomic E-state index is 0.449. The van der Waals surface area contributed by atoms with Gasteiger partial charge in [0.2, 0.25) is 0 Å². The molecule has 0 saturated heterocycles. The van der Waals surface area contributed by atoms with E-state index in [2.05, 4.69) is 14.4 Å². The molecule has 0 radical (unpaired) electrons. The Bertz CT molecular complexity index is 283. The number of hydrogen-bond donors (Lipinski definition) is 1. The van der Waals surface area contributed by atoms with Crippen LogP contribution in [0.1, 0.15) is 36.7 Å². The molecule has 4 heteroatoms. The molecular weight excluding hydrogens is 171 g/mol. The van der Waals surface area contributed by atoms with E-state index in [9.17, 15) is 5.11 Å². The van der Waals surface area contributed by atoms with Gasteiger partial charge in [0, 0.05) is 5.69 Å². The van der Waals surface area contributed by atoms with Crippen LogP contribution in [-0.4, -0.2) is 14.4 Å². The number of imidazole rings is 1. The van der Waals surface area contributed by atoms with Gasteiger partial charge < -0.3 is 9.44 Å². The Balaban J connectivity index is 3.08. The van der Waals surface area contributed by atoms with Crippen molar-refractivity contribution in [3.05, 3.63) is 17.2 Å². The molecule has 1 aromatic rings. The molecular formula is C8H15N2OP. The van der Waals surface area contributed by atoms with Crippen molar-refractivity contribution in [3.8, 4) is 0 Å². The Hall–Kier alpha value is -0.400. The molecule has 68 valence electrons. The van der Waals surface area contributed by atoms with Gasteiger partial charge in [-0.1, -0.05) is 6.92 Å². The van der Waals surface area contributed by atoms with E-state index in [1.165, 1.54) is 0 Å². The standard InChI is InChI=1S/C8H15N2OP/c1-4-7(11)8-9-5(2)6(3)10(8)12/h7,11H,4,12H2,1-3H3. The predicted molar refractivity (Wildman–Crippen MR) is 52.1 cm³/mol. The normalized spacial score (nSPS) is 13.4. The van der Waals surface area contributed by atoms with Gasteiger partial charge >= 0.3 is 0 Å². The van der Waals surface area contributed by atoms with Crippen molar-refractivity contribution in [2.45, 2.75) is 33.3 Å². The first-order valence-corrected chi connectivity index (χ1v) is 4.58. The molecule has 0 saturated carbocycles. The number of aromatic nitrogens is 2. The minimum atomic E-state index is -0.449. The van der Waals surface area contributed by atoms with Gasteiger partial charge in [-0.05, 0) is 29.7 Å². The van der Waals surface area contributed by atoms with Crippen LogP contribution in [0.25, 0.3) is 0 Å². The van der Waals surface area contributed by atoms with Crippen molar-refractivity contribution in [2.24, 2.45) is 0 Å². The number of aliphatic hydroxyl groups excluding tert-OH is 1. The molecule has 12 heavy (non-hydrogen) atoms. The zero-order valence-electron chi connectivity index (χ0n) is 7.70. The van der Waals surface area contributed by atoms with Gasteiger partial charge in [-0.25, -0.2) is 4.98 Å². The molecule has 0 fully saturated rings. The average Bonchev–Trinajstić information content (AvgIpc) is 2.32. The zero-order chi connectivity index (χ0) is 9.30. The molecule has 1 rings (SSSR count). The molecule has 1 heterocycles. The van der Waals surface area contributed by atoms with E-state index < -0.39 is 6.10 Å². The highest BCUT2D eigenvalue weighted by atomic mass is 31.0. The fourth-order valence-electron chi connectivity index (χ4n) is 1.07. The lowest BCUT2D eigenvalue weighted by molar-refractivity contribution is 0.163. The van der Waals surface area contributed by atoms with Crippen molar-refractivity contribution >= 4 is 9.39 Å². The third-order valence-corrected chi connectivity index (χ3v) is 2.75. The van der Waals surface area contributed by atoms with Gasteiger partial charge in [-0.2, -0.15) is 0 Å². The smallest absolute Gasteiger partial charge is 0.141 e. The second-order valence-electron chi connectivity index (χ2n) is 2.93. The van der Waals surface area contributed by atoms with Gasteiger partial charge in [0.1, 0.15) is 11.9 Å². The lowest BCUT2D eigenvalue weighted by atomic mass is 10.3. The van der Waals surface area contributed by atoms with E-state index >= 15 is 0 Å². The fourth-order valence-corrected chi connectivity index (χ4v) is 1.49. The van der Waals surface area contributed by atoms with Crippen LogP contribution in [0.3, 0.4) is 0 Å². The molecule has 0 aliphatic heterocycles. The summed E-state index contributed by atoms with van der Waals surface area (Å²) in [5, 5.41) is 9.55. The number of aryl methyl sites for hydroxylation is 1. The lowest BCUT2D eigenvalue weighted by Crippen LogP contribution is -2.01. The van der Waals surface area contributed by atoms with Crippen LogP contribution in [0.4, 0.5) is 0 Å². The minimum Gasteiger partial charge on any atom is -0.385 e. The highest BCUT2D eigenvalue weighted by molar-refractivity contribution is 7.14. The molecule has 0 aliphatic rings. The third kappa shape index (κ3) is 1.52. The van der Waals surface area contributed by atoms with Crippen LogP contribution in [-0.2, 0) is 0 Å². The summed E-state index contributed by atoms with van der Waals surface area (Å²) in [6.45, 7) is 5.87. The maximum Gasteiger partial charge on any atom is 0.141 e. The first-order chi connectivity index (χ1) is 5.57. The summed E-state index contributed by atoms with van der Waals surface area (Å²) in [7, 11) is 2.56. The highest BCUT2D eigenvalue weighted by Gasteiger charge is 2.13. The van der Waals surface area contributed by atoms with E-state index in [1.807, 2.05) is 25.1 Å². The zero-order valence-corrected chi connectivity index (χ0v) is 8.86. The van der Waals surface area contributed by atoms with E-state index in [1.54, 1.807) is 0 Å².